The number of benzene rings is 1. The van der Waals surface area contributed by atoms with Gasteiger partial charge < -0.3 is 25.0 Å². The number of hydrogen-bond acceptors (Lipinski definition) is 3. The first kappa shape index (κ1) is 21.5. The van der Waals surface area contributed by atoms with Crippen molar-refractivity contribution in [1.29, 1.82) is 0 Å². The summed E-state index contributed by atoms with van der Waals surface area (Å²) in [6.45, 7) is 8.80. The minimum Gasteiger partial charge on any atom is -0.504 e. The van der Waals surface area contributed by atoms with Crippen LogP contribution in [0.5, 0.6) is 11.5 Å². The number of amides is 1. The topological polar surface area (TPSA) is 67.4 Å². The molecule has 1 aromatic carbocycles. The molecule has 27 heavy (non-hydrogen) atoms. The van der Waals surface area contributed by atoms with Gasteiger partial charge in [0.25, 0.3) is 0 Å². The number of phenols is 1. The number of para-hydroxylation sites is 1. The molecule has 0 aromatic heterocycles. The number of methoxy groups -OCH3 is 1. The first-order valence-corrected chi connectivity index (χ1v) is 9.97. The van der Waals surface area contributed by atoms with Crippen LogP contribution in [0.25, 0.3) is 0 Å². The van der Waals surface area contributed by atoms with Crippen LogP contribution in [-0.2, 0) is 11.3 Å². The number of carbonyl (C=O) groups is 1. The van der Waals surface area contributed by atoms with Gasteiger partial charge in [-0.1, -0.05) is 19.9 Å². The molecule has 0 saturated carbocycles. The van der Waals surface area contributed by atoms with Crippen molar-refractivity contribution in [2.75, 3.05) is 47.4 Å². The third-order valence-corrected chi connectivity index (χ3v) is 5.38. The summed E-state index contributed by atoms with van der Waals surface area (Å²) in [5.74, 6) is 1.05. The summed E-state index contributed by atoms with van der Waals surface area (Å²) in [6.07, 6.45) is 1.79. The fourth-order valence-electron chi connectivity index (χ4n) is 4.10. The van der Waals surface area contributed by atoms with Crippen LogP contribution in [-0.4, -0.2) is 58.4 Å². The van der Waals surface area contributed by atoms with Gasteiger partial charge in [-0.15, -0.1) is 0 Å². The Morgan fingerprint density at radius 3 is 2.59 bits per heavy atom. The highest BCUT2D eigenvalue weighted by molar-refractivity contribution is 5.78. The van der Waals surface area contributed by atoms with Crippen LogP contribution in [0.15, 0.2) is 18.2 Å². The maximum atomic E-state index is 12.5. The maximum Gasteiger partial charge on any atom is 0.223 e. The number of aromatic hydroxyl groups is 1. The standard InChI is InChI=1S/C21H35N3O3/c1-21(2,15-23(3)4)14-22-20(26)16-9-11-24(12-10-16)13-17-7-6-8-18(27-5)19(17)25/h6-8,16,25H,9-15H2,1-5H3,(H,22,26)/p+2. The SMILES string of the molecule is COc1cccc(C[NH+]2CCC(C(=O)NCC(C)(C)C[NH+](C)C)CC2)c1O. The van der Waals surface area contributed by atoms with Gasteiger partial charge in [0.05, 0.1) is 46.4 Å². The van der Waals surface area contributed by atoms with Gasteiger partial charge in [-0.25, -0.2) is 0 Å². The predicted molar refractivity (Wildman–Crippen MR) is 106 cm³/mol. The van der Waals surface area contributed by atoms with E-state index in [1.54, 1.807) is 13.2 Å². The molecular formula is C21H37N3O3+2. The quantitative estimate of drug-likeness (QED) is 0.492. The fraction of sp³-hybridized carbons (Fsp3) is 0.667. The molecule has 6 heteroatoms. The third kappa shape index (κ3) is 6.40. The minimum absolute atomic E-state index is 0.102. The second-order valence-corrected chi connectivity index (χ2v) is 8.93. The van der Waals surface area contributed by atoms with Crippen molar-refractivity contribution in [3.8, 4) is 11.5 Å². The van der Waals surface area contributed by atoms with Gasteiger partial charge in [-0.3, -0.25) is 4.79 Å². The van der Waals surface area contributed by atoms with Crippen LogP contribution < -0.4 is 19.9 Å². The number of nitrogens with one attached hydrogen (secondary N) is 3. The monoisotopic (exact) mass is 379 g/mol. The van der Waals surface area contributed by atoms with Gasteiger partial charge in [-0.2, -0.15) is 0 Å². The lowest BCUT2D eigenvalue weighted by Crippen LogP contribution is -3.11. The van der Waals surface area contributed by atoms with Gasteiger partial charge in [0.1, 0.15) is 6.54 Å². The maximum absolute atomic E-state index is 12.5. The number of quaternary nitrogens is 2. The Hall–Kier alpha value is -1.79. The molecule has 152 valence electrons. The lowest BCUT2D eigenvalue weighted by atomic mass is 9.91. The Kier molecular flexibility index (Phi) is 7.50. The van der Waals surface area contributed by atoms with Gasteiger partial charge in [0.2, 0.25) is 5.91 Å². The van der Waals surface area contributed by atoms with E-state index in [0.29, 0.717) is 5.75 Å². The summed E-state index contributed by atoms with van der Waals surface area (Å²) in [5.41, 5.74) is 1.00. The number of piperidine rings is 1. The number of hydrogen-bond donors (Lipinski definition) is 4. The predicted octanol–water partition coefficient (Wildman–Crippen LogP) is -0.517. The highest BCUT2D eigenvalue weighted by Gasteiger charge is 2.30. The van der Waals surface area contributed by atoms with E-state index in [1.165, 1.54) is 9.80 Å². The molecule has 0 atom stereocenters. The molecule has 1 amide bonds. The van der Waals surface area contributed by atoms with Crippen LogP contribution in [0.3, 0.4) is 0 Å². The van der Waals surface area contributed by atoms with Crippen molar-refractivity contribution in [1.82, 2.24) is 5.32 Å². The molecule has 0 bridgehead atoms. The van der Waals surface area contributed by atoms with Crippen LogP contribution in [0.1, 0.15) is 32.3 Å². The van der Waals surface area contributed by atoms with Crippen molar-refractivity contribution >= 4 is 5.91 Å². The van der Waals surface area contributed by atoms with E-state index >= 15 is 0 Å². The number of rotatable bonds is 8. The summed E-state index contributed by atoms with van der Waals surface area (Å²) in [6, 6.07) is 5.62. The summed E-state index contributed by atoms with van der Waals surface area (Å²) in [7, 11) is 5.85. The zero-order chi connectivity index (χ0) is 20.0. The zero-order valence-electron chi connectivity index (χ0n) is 17.5. The van der Waals surface area contributed by atoms with Crippen molar-refractivity contribution in [3.63, 3.8) is 0 Å². The molecule has 2 rings (SSSR count). The van der Waals surface area contributed by atoms with Crippen LogP contribution in [0, 0.1) is 11.3 Å². The summed E-state index contributed by atoms with van der Waals surface area (Å²) < 4.78 is 5.19. The Morgan fingerprint density at radius 2 is 2.00 bits per heavy atom. The summed E-state index contributed by atoms with van der Waals surface area (Å²) in [5, 5.41) is 13.4. The van der Waals surface area contributed by atoms with Crippen molar-refractivity contribution in [2.45, 2.75) is 33.2 Å². The number of carbonyl (C=O) groups excluding carboxylic acids is 1. The van der Waals surface area contributed by atoms with Gasteiger partial charge in [0, 0.05) is 30.7 Å². The fourth-order valence-corrected chi connectivity index (χ4v) is 4.10. The van der Waals surface area contributed by atoms with E-state index in [-0.39, 0.29) is 23.0 Å². The van der Waals surface area contributed by atoms with Crippen LogP contribution >= 0.6 is 0 Å². The molecule has 0 aliphatic carbocycles. The third-order valence-electron chi connectivity index (χ3n) is 5.38. The van der Waals surface area contributed by atoms with E-state index < -0.39 is 0 Å². The highest BCUT2D eigenvalue weighted by atomic mass is 16.5. The average Bonchev–Trinajstić information content (AvgIpc) is 2.61. The molecule has 6 nitrogen and oxygen atoms in total. The lowest BCUT2D eigenvalue weighted by molar-refractivity contribution is -0.919. The first-order valence-electron chi connectivity index (χ1n) is 9.97. The normalized spacial score (nSPS) is 20.5. The molecule has 1 heterocycles. The number of ether oxygens (including phenoxy) is 1. The first-order chi connectivity index (χ1) is 12.7. The van der Waals surface area contributed by atoms with Crippen LogP contribution in [0.4, 0.5) is 0 Å². The molecule has 1 saturated heterocycles. The molecule has 1 aromatic rings. The second kappa shape index (κ2) is 9.42. The average molecular weight is 380 g/mol. The van der Waals surface area contributed by atoms with Crippen molar-refractivity contribution in [3.05, 3.63) is 23.8 Å². The van der Waals surface area contributed by atoms with Gasteiger partial charge >= 0.3 is 0 Å². The molecule has 0 unspecified atom stereocenters. The van der Waals surface area contributed by atoms with E-state index in [1.807, 2.05) is 12.1 Å². The molecular weight excluding hydrogens is 342 g/mol. The summed E-state index contributed by atoms with van der Waals surface area (Å²) in [4.78, 5) is 15.3. The van der Waals surface area contributed by atoms with E-state index in [0.717, 1.165) is 51.1 Å². The second-order valence-electron chi connectivity index (χ2n) is 8.93. The zero-order valence-corrected chi connectivity index (χ0v) is 17.5. The Morgan fingerprint density at radius 1 is 1.33 bits per heavy atom. The van der Waals surface area contributed by atoms with Crippen LogP contribution in [0.2, 0.25) is 0 Å². The smallest absolute Gasteiger partial charge is 0.223 e. The van der Waals surface area contributed by atoms with E-state index in [4.69, 9.17) is 4.74 Å². The Balaban J connectivity index is 1.80. The minimum atomic E-state index is 0.102. The van der Waals surface area contributed by atoms with Crippen molar-refractivity contribution in [2.24, 2.45) is 11.3 Å². The van der Waals surface area contributed by atoms with E-state index in [2.05, 4.69) is 33.3 Å². The Bertz CT molecular complexity index is 623. The number of phenolic OH excluding ortho intramolecular Hbond substituents is 1. The molecule has 4 N–H and O–H groups in total. The van der Waals surface area contributed by atoms with Gasteiger partial charge in [0.15, 0.2) is 11.5 Å². The molecule has 0 radical (unpaired) electrons. The molecule has 1 aliphatic heterocycles. The Labute approximate surface area is 163 Å². The highest BCUT2D eigenvalue weighted by Crippen LogP contribution is 2.28. The molecule has 1 aliphatic rings. The molecule has 1 fully saturated rings. The van der Waals surface area contributed by atoms with Crippen molar-refractivity contribution < 1.29 is 24.4 Å². The van der Waals surface area contributed by atoms with Gasteiger partial charge in [-0.05, 0) is 12.1 Å². The molecule has 0 spiro atoms. The number of likely N-dealkylation sites (tertiary alicyclic amines) is 1. The van der Waals surface area contributed by atoms with E-state index in [9.17, 15) is 9.90 Å². The summed E-state index contributed by atoms with van der Waals surface area (Å²) >= 11 is 0. The largest absolute Gasteiger partial charge is 0.504 e. The lowest BCUT2D eigenvalue weighted by Gasteiger charge is -2.30.